The lowest BCUT2D eigenvalue weighted by Gasteiger charge is -2.27. The van der Waals surface area contributed by atoms with Gasteiger partial charge in [0, 0.05) is 46.8 Å². The van der Waals surface area contributed by atoms with E-state index in [1.54, 1.807) is 0 Å². The number of para-hydroxylation sites is 3. The van der Waals surface area contributed by atoms with Gasteiger partial charge >= 0.3 is 0 Å². The molecule has 234 valence electrons. The van der Waals surface area contributed by atoms with E-state index >= 15 is 0 Å². The maximum absolute atomic E-state index is 4.87. The Hall–Kier alpha value is -6.33. The Labute approximate surface area is 285 Å². The van der Waals surface area contributed by atoms with Crippen LogP contribution in [0.25, 0.3) is 38.8 Å². The van der Waals surface area contributed by atoms with E-state index in [0.29, 0.717) is 0 Å². The van der Waals surface area contributed by atoms with E-state index in [0.717, 1.165) is 47.2 Å². The molecule has 6 aromatic carbocycles. The van der Waals surface area contributed by atoms with Crippen molar-refractivity contribution in [2.75, 3.05) is 28.4 Å². The van der Waals surface area contributed by atoms with Crippen molar-refractivity contribution in [3.05, 3.63) is 169 Å². The van der Waals surface area contributed by atoms with E-state index in [9.17, 15) is 0 Å². The molecule has 0 saturated carbocycles. The molecular weight excluding hydrogens is 599 g/mol. The summed E-state index contributed by atoms with van der Waals surface area (Å²) in [6.45, 7) is 0.803. The molecule has 1 aliphatic heterocycles. The van der Waals surface area contributed by atoms with Crippen LogP contribution in [0.4, 0.5) is 34.1 Å². The van der Waals surface area contributed by atoms with Crippen LogP contribution in [0, 0.1) is 0 Å². The molecule has 49 heavy (non-hydrogen) atoms. The summed E-state index contributed by atoms with van der Waals surface area (Å²) < 4.78 is 2.34. The predicted octanol–water partition coefficient (Wildman–Crippen LogP) is 10.8. The second kappa shape index (κ2) is 10.9. The maximum atomic E-state index is 4.87. The van der Waals surface area contributed by atoms with Crippen LogP contribution in [0.1, 0.15) is 11.1 Å². The Balaban J connectivity index is 1.20. The summed E-state index contributed by atoms with van der Waals surface area (Å²) in [6.07, 6.45) is 2.85. The molecule has 0 unspecified atom stereocenters. The van der Waals surface area contributed by atoms with Crippen molar-refractivity contribution in [2.24, 2.45) is 0 Å². The van der Waals surface area contributed by atoms with Crippen molar-refractivity contribution in [3.63, 3.8) is 0 Å². The summed E-state index contributed by atoms with van der Waals surface area (Å²) in [5, 5.41) is 2.52. The molecule has 0 bridgehead atoms. The van der Waals surface area contributed by atoms with Gasteiger partial charge in [-0.2, -0.15) is 0 Å². The normalized spacial score (nSPS) is 13.2. The van der Waals surface area contributed by atoms with E-state index in [-0.39, 0.29) is 0 Å². The smallest absolute Gasteiger partial charge is 0.137 e. The minimum Gasteiger partial charge on any atom is -0.355 e. The van der Waals surface area contributed by atoms with Gasteiger partial charge in [-0.15, -0.1) is 0 Å². The van der Waals surface area contributed by atoms with Crippen molar-refractivity contribution < 1.29 is 0 Å². The minimum atomic E-state index is 0.803. The lowest BCUT2D eigenvalue weighted by Crippen LogP contribution is -2.24. The summed E-state index contributed by atoms with van der Waals surface area (Å²) in [6, 6.07) is 54.8. The number of hydrogen-bond donors (Lipinski definition) is 0. The van der Waals surface area contributed by atoms with Crippen molar-refractivity contribution in [3.8, 4) is 16.9 Å². The molecule has 0 N–H and O–H groups in total. The van der Waals surface area contributed by atoms with Crippen LogP contribution in [0.15, 0.2) is 158 Å². The van der Waals surface area contributed by atoms with E-state index in [1.807, 2.05) is 12.3 Å². The van der Waals surface area contributed by atoms with Crippen LogP contribution < -0.4 is 14.7 Å². The molecule has 0 spiro atoms. The number of anilines is 6. The minimum absolute atomic E-state index is 0.803. The maximum Gasteiger partial charge on any atom is 0.137 e. The molecule has 5 nitrogen and oxygen atoms in total. The topological polar surface area (TPSA) is 27.5 Å². The molecule has 0 radical (unpaired) electrons. The second-order valence-electron chi connectivity index (χ2n) is 13.0. The Kier molecular flexibility index (Phi) is 6.15. The molecule has 2 aromatic heterocycles. The first kappa shape index (κ1) is 27.8. The van der Waals surface area contributed by atoms with Crippen LogP contribution in [0.2, 0.25) is 0 Å². The first-order valence-electron chi connectivity index (χ1n) is 16.9. The fourth-order valence-electron chi connectivity index (χ4n) is 8.02. The summed E-state index contributed by atoms with van der Waals surface area (Å²) in [5.74, 6) is 0.913. The van der Waals surface area contributed by atoms with Gasteiger partial charge in [0.15, 0.2) is 0 Å². The van der Waals surface area contributed by atoms with Gasteiger partial charge in [-0.3, -0.25) is 4.57 Å². The number of aromatic nitrogens is 2. The fourth-order valence-corrected chi connectivity index (χ4v) is 8.02. The van der Waals surface area contributed by atoms with E-state index < -0.39 is 0 Å². The summed E-state index contributed by atoms with van der Waals surface area (Å²) >= 11 is 0. The zero-order valence-corrected chi connectivity index (χ0v) is 27.2. The van der Waals surface area contributed by atoms with E-state index in [4.69, 9.17) is 4.98 Å². The Morgan fingerprint density at radius 1 is 0.592 bits per heavy atom. The highest BCUT2D eigenvalue weighted by Crippen LogP contribution is 2.47. The van der Waals surface area contributed by atoms with Gasteiger partial charge < -0.3 is 14.7 Å². The van der Waals surface area contributed by atoms with Crippen LogP contribution in [0.3, 0.4) is 0 Å². The first-order valence-corrected chi connectivity index (χ1v) is 16.9. The highest BCUT2D eigenvalue weighted by atomic mass is 15.4. The third-order valence-electron chi connectivity index (χ3n) is 10.2. The molecule has 10 rings (SSSR count). The third-order valence-corrected chi connectivity index (χ3v) is 10.2. The lowest BCUT2D eigenvalue weighted by molar-refractivity contribution is 0.949. The van der Waals surface area contributed by atoms with Crippen molar-refractivity contribution in [2.45, 2.75) is 6.42 Å². The van der Waals surface area contributed by atoms with Crippen molar-refractivity contribution in [1.29, 1.82) is 0 Å². The fraction of sp³-hybridized carbons (Fsp3) is 0.0682. The second-order valence-corrected chi connectivity index (χ2v) is 13.0. The molecule has 3 heterocycles. The SMILES string of the molecule is CN1CN(c2cccc(N(c3ccccc3)c3ccc4c5c6c(ccc5n(-c5ccccn5)c4c3)Cc3ccccc3-6)c2)c2ccccc21. The van der Waals surface area contributed by atoms with Gasteiger partial charge in [0.25, 0.3) is 0 Å². The van der Waals surface area contributed by atoms with Gasteiger partial charge in [0.1, 0.15) is 5.82 Å². The lowest BCUT2D eigenvalue weighted by atomic mass is 9.99. The molecule has 0 fully saturated rings. The average molecular weight is 632 g/mol. The van der Waals surface area contributed by atoms with Crippen molar-refractivity contribution >= 4 is 55.9 Å². The largest absolute Gasteiger partial charge is 0.355 e. The van der Waals surface area contributed by atoms with Gasteiger partial charge in [-0.05, 0) is 101 Å². The quantitative estimate of drug-likeness (QED) is 0.189. The number of hydrogen-bond acceptors (Lipinski definition) is 4. The molecule has 0 atom stereocenters. The van der Waals surface area contributed by atoms with Gasteiger partial charge in [0.2, 0.25) is 0 Å². The molecular formula is C44H33N5. The first-order chi connectivity index (χ1) is 24.2. The monoisotopic (exact) mass is 631 g/mol. The predicted molar refractivity (Wildman–Crippen MR) is 203 cm³/mol. The Morgan fingerprint density at radius 2 is 1.37 bits per heavy atom. The summed E-state index contributed by atoms with van der Waals surface area (Å²) in [7, 11) is 2.16. The van der Waals surface area contributed by atoms with E-state index in [1.165, 1.54) is 49.9 Å². The number of nitrogens with zero attached hydrogens (tertiary/aromatic N) is 5. The molecule has 1 aliphatic carbocycles. The molecule has 5 heteroatoms. The number of rotatable bonds is 5. The van der Waals surface area contributed by atoms with Crippen molar-refractivity contribution in [1.82, 2.24) is 9.55 Å². The number of pyridine rings is 1. The molecule has 0 amide bonds. The van der Waals surface area contributed by atoms with Gasteiger partial charge in [-0.25, -0.2) is 4.98 Å². The van der Waals surface area contributed by atoms with E-state index in [2.05, 4.69) is 172 Å². The van der Waals surface area contributed by atoms with Gasteiger partial charge in [-0.1, -0.05) is 78.9 Å². The number of fused-ring (bicyclic) bond motifs is 8. The van der Waals surface area contributed by atoms with Crippen LogP contribution in [-0.4, -0.2) is 23.3 Å². The Bertz CT molecular complexity index is 2540. The Morgan fingerprint density at radius 3 is 2.24 bits per heavy atom. The third kappa shape index (κ3) is 4.29. The highest BCUT2D eigenvalue weighted by Gasteiger charge is 2.27. The zero-order valence-electron chi connectivity index (χ0n) is 27.2. The molecule has 2 aliphatic rings. The van der Waals surface area contributed by atoms with Gasteiger partial charge in [0.05, 0.1) is 29.1 Å². The zero-order chi connectivity index (χ0) is 32.5. The average Bonchev–Trinajstić information content (AvgIpc) is 3.81. The number of benzene rings is 6. The summed E-state index contributed by atoms with van der Waals surface area (Å²) in [4.78, 5) is 11.9. The standard InChI is InChI=1S/C44H33N5/c1-46-29-47(39-19-8-7-18-38(39)46)33-15-11-16-34(27-33)48(32-13-3-2-4-14-32)35-22-23-37-41(28-35)49(42-20-9-10-25-45-42)40-24-21-31-26-30-12-5-6-17-36(30)43(31)44(37)40/h2-25,27-28H,26,29H2,1H3. The van der Waals surface area contributed by atoms with Crippen LogP contribution in [0.5, 0.6) is 0 Å². The molecule has 8 aromatic rings. The molecule has 0 saturated heterocycles. The summed E-state index contributed by atoms with van der Waals surface area (Å²) in [5.41, 5.74) is 14.7. The highest BCUT2D eigenvalue weighted by molar-refractivity contribution is 6.18. The van der Waals surface area contributed by atoms with Crippen LogP contribution >= 0.6 is 0 Å². The van der Waals surface area contributed by atoms with Crippen LogP contribution in [-0.2, 0) is 6.42 Å².